The first-order chi connectivity index (χ1) is 30.2. The standard InChI is InChI=1S/C55H30N4O2/c1-2-11-32-28-34(23-22-31(32)10-1)33-12-7-13-35(29-33)53-56-54(58-55(57-53)41-17-9-20-46-49(41)40-15-4-6-19-45(40)60-46)36-24-26-44-42(30-36)39-25-27-48-51-50-38(16-8-21-47(50)61-48)37-14-3-5-18-43(37)59(44)52(39)51/h1-30H. The molecule has 0 spiro atoms. The van der Waals surface area contributed by atoms with Gasteiger partial charge in [0.05, 0.1) is 21.9 Å². The van der Waals surface area contributed by atoms with Crippen LogP contribution in [0.3, 0.4) is 0 Å². The molecule has 61 heavy (non-hydrogen) atoms. The van der Waals surface area contributed by atoms with Gasteiger partial charge in [-0.05, 0) is 94.0 Å². The van der Waals surface area contributed by atoms with Crippen LogP contribution in [0.2, 0.25) is 0 Å². The number of aromatic nitrogens is 4. The zero-order chi connectivity index (χ0) is 39.8. The minimum absolute atomic E-state index is 0.582. The van der Waals surface area contributed by atoms with E-state index in [4.69, 9.17) is 23.8 Å². The highest BCUT2D eigenvalue weighted by Gasteiger charge is 2.23. The summed E-state index contributed by atoms with van der Waals surface area (Å²) in [5, 5.41) is 11.3. The van der Waals surface area contributed by atoms with Crippen molar-refractivity contribution in [2.24, 2.45) is 0 Å². The quantitative estimate of drug-likeness (QED) is 0.178. The van der Waals surface area contributed by atoms with Crippen molar-refractivity contribution in [3.8, 4) is 45.3 Å². The Kier molecular flexibility index (Phi) is 6.46. The summed E-state index contributed by atoms with van der Waals surface area (Å²) in [7, 11) is 0. The van der Waals surface area contributed by atoms with Gasteiger partial charge >= 0.3 is 0 Å². The van der Waals surface area contributed by atoms with E-state index >= 15 is 0 Å². The first-order valence-electron chi connectivity index (χ1n) is 20.5. The van der Waals surface area contributed by atoms with Crippen LogP contribution in [0.1, 0.15) is 0 Å². The average Bonchev–Trinajstić information content (AvgIpc) is 3.98. The van der Waals surface area contributed by atoms with E-state index in [0.29, 0.717) is 17.5 Å². The lowest BCUT2D eigenvalue weighted by molar-refractivity contribution is 0.668. The molecule has 0 aliphatic carbocycles. The van der Waals surface area contributed by atoms with Crippen LogP contribution in [0, 0.1) is 0 Å². The second-order valence-electron chi connectivity index (χ2n) is 15.9. The van der Waals surface area contributed by atoms with E-state index in [1.54, 1.807) is 0 Å². The van der Waals surface area contributed by atoms with Crippen molar-refractivity contribution >= 4 is 92.7 Å². The van der Waals surface area contributed by atoms with E-state index < -0.39 is 0 Å². The van der Waals surface area contributed by atoms with Gasteiger partial charge in [-0.1, -0.05) is 115 Å². The van der Waals surface area contributed by atoms with Gasteiger partial charge in [-0.15, -0.1) is 0 Å². The van der Waals surface area contributed by atoms with Gasteiger partial charge in [-0.3, -0.25) is 0 Å². The molecule has 0 atom stereocenters. The number of para-hydroxylation sites is 2. The fraction of sp³-hybridized carbons (Fsp3) is 0. The molecule has 6 nitrogen and oxygen atoms in total. The zero-order valence-corrected chi connectivity index (χ0v) is 32.4. The van der Waals surface area contributed by atoms with Gasteiger partial charge in [0.15, 0.2) is 17.5 Å². The Morgan fingerprint density at radius 3 is 1.87 bits per heavy atom. The molecule has 5 aromatic heterocycles. The number of fused-ring (bicyclic) bond motifs is 10. The Labute approximate surface area is 346 Å². The lowest BCUT2D eigenvalue weighted by Crippen LogP contribution is -2.00. The van der Waals surface area contributed by atoms with E-state index in [2.05, 4.69) is 156 Å². The van der Waals surface area contributed by atoms with E-state index in [1.165, 1.54) is 21.5 Å². The zero-order valence-electron chi connectivity index (χ0n) is 32.4. The lowest BCUT2D eigenvalue weighted by atomic mass is 9.99. The Bertz CT molecular complexity index is 4120. The summed E-state index contributed by atoms with van der Waals surface area (Å²) >= 11 is 0. The summed E-state index contributed by atoms with van der Waals surface area (Å²) < 4.78 is 15.3. The van der Waals surface area contributed by atoms with Crippen LogP contribution in [0.15, 0.2) is 191 Å². The van der Waals surface area contributed by atoms with E-state index in [1.807, 2.05) is 30.3 Å². The highest BCUT2D eigenvalue weighted by Crippen LogP contribution is 2.45. The first kappa shape index (κ1) is 32.6. The maximum absolute atomic E-state index is 6.50. The van der Waals surface area contributed by atoms with Gasteiger partial charge in [0.2, 0.25) is 0 Å². The number of hydrogen-bond donors (Lipinski definition) is 0. The molecule has 0 amide bonds. The SMILES string of the molecule is c1cc(-c2ccc3ccccc3c2)cc(-c2nc(-c3ccc4c(c3)c3ccc5oc6cccc7c8ccccc8n4c3c5c67)nc(-c3cccc4oc5ccccc5c34)n2)c1. The molecule has 0 unspecified atom stereocenters. The van der Waals surface area contributed by atoms with Crippen LogP contribution >= 0.6 is 0 Å². The van der Waals surface area contributed by atoms with Crippen LogP contribution in [-0.2, 0) is 0 Å². The molecule has 0 saturated heterocycles. The molecular weight excluding hydrogens is 749 g/mol. The van der Waals surface area contributed by atoms with Gasteiger partial charge in [-0.25, -0.2) is 15.0 Å². The Morgan fingerprint density at radius 2 is 0.951 bits per heavy atom. The van der Waals surface area contributed by atoms with Gasteiger partial charge in [0.1, 0.15) is 22.3 Å². The third-order valence-electron chi connectivity index (χ3n) is 12.6. The minimum atomic E-state index is 0.582. The highest BCUT2D eigenvalue weighted by molar-refractivity contribution is 6.31. The molecule has 0 radical (unpaired) electrons. The van der Waals surface area contributed by atoms with Crippen LogP contribution in [0.4, 0.5) is 0 Å². The monoisotopic (exact) mass is 778 g/mol. The van der Waals surface area contributed by atoms with Gasteiger partial charge in [0.25, 0.3) is 0 Å². The molecule has 282 valence electrons. The van der Waals surface area contributed by atoms with Crippen molar-refractivity contribution < 1.29 is 8.83 Å². The summed E-state index contributed by atoms with van der Waals surface area (Å²) in [6.07, 6.45) is 0. The maximum atomic E-state index is 6.50. The molecule has 0 saturated carbocycles. The minimum Gasteiger partial charge on any atom is -0.456 e. The third kappa shape index (κ3) is 4.64. The summed E-state index contributed by atoms with van der Waals surface area (Å²) in [5.41, 5.74) is 11.7. The third-order valence-corrected chi connectivity index (χ3v) is 12.6. The largest absolute Gasteiger partial charge is 0.456 e. The van der Waals surface area contributed by atoms with Crippen LogP contribution in [0.25, 0.3) is 138 Å². The van der Waals surface area contributed by atoms with Crippen molar-refractivity contribution in [3.63, 3.8) is 0 Å². The van der Waals surface area contributed by atoms with Crippen molar-refractivity contribution in [2.45, 2.75) is 0 Å². The van der Waals surface area contributed by atoms with Crippen LogP contribution in [0.5, 0.6) is 0 Å². The van der Waals surface area contributed by atoms with Crippen molar-refractivity contribution in [2.75, 3.05) is 0 Å². The fourth-order valence-electron chi connectivity index (χ4n) is 9.84. The first-order valence-corrected chi connectivity index (χ1v) is 20.5. The normalized spacial score (nSPS) is 12.3. The summed E-state index contributed by atoms with van der Waals surface area (Å²) in [6.45, 7) is 0. The Hall–Kier alpha value is -8.35. The highest BCUT2D eigenvalue weighted by atomic mass is 16.3. The second-order valence-corrected chi connectivity index (χ2v) is 15.9. The number of benzene rings is 9. The van der Waals surface area contributed by atoms with E-state index in [9.17, 15) is 0 Å². The summed E-state index contributed by atoms with van der Waals surface area (Å²) in [4.78, 5) is 15.9. The molecule has 9 aromatic carbocycles. The second kappa shape index (κ2) is 12.1. The lowest BCUT2D eigenvalue weighted by Gasteiger charge is -2.11. The summed E-state index contributed by atoms with van der Waals surface area (Å²) in [6, 6.07) is 63.8. The Morgan fingerprint density at radius 1 is 0.328 bits per heavy atom. The smallest absolute Gasteiger partial charge is 0.164 e. The van der Waals surface area contributed by atoms with Crippen molar-refractivity contribution in [3.05, 3.63) is 182 Å². The predicted molar refractivity (Wildman–Crippen MR) is 248 cm³/mol. The van der Waals surface area contributed by atoms with Gasteiger partial charge in [0, 0.05) is 49.0 Å². The fourth-order valence-corrected chi connectivity index (χ4v) is 9.84. The van der Waals surface area contributed by atoms with Crippen molar-refractivity contribution in [1.29, 1.82) is 0 Å². The maximum Gasteiger partial charge on any atom is 0.164 e. The number of rotatable bonds is 4. The molecule has 0 aliphatic heterocycles. The van der Waals surface area contributed by atoms with Gasteiger partial charge in [-0.2, -0.15) is 0 Å². The Balaban J connectivity index is 1.03. The summed E-state index contributed by atoms with van der Waals surface area (Å²) in [5.74, 6) is 1.77. The van der Waals surface area contributed by atoms with E-state index in [-0.39, 0.29) is 0 Å². The molecule has 0 aliphatic rings. The van der Waals surface area contributed by atoms with Crippen molar-refractivity contribution in [1.82, 2.24) is 19.4 Å². The molecule has 6 heteroatoms. The van der Waals surface area contributed by atoms with E-state index in [0.717, 1.165) is 99.0 Å². The molecule has 14 aromatic rings. The molecule has 14 rings (SSSR count). The number of hydrogen-bond acceptors (Lipinski definition) is 5. The van der Waals surface area contributed by atoms with Gasteiger partial charge < -0.3 is 13.2 Å². The van der Waals surface area contributed by atoms with Crippen LogP contribution in [-0.4, -0.2) is 19.4 Å². The molecule has 0 bridgehead atoms. The number of nitrogens with zero attached hydrogens (tertiary/aromatic N) is 4. The number of furan rings is 2. The topological polar surface area (TPSA) is 69.4 Å². The molecule has 0 N–H and O–H groups in total. The predicted octanol–water partition coefficient (Wildman–Crippen LogP) is 14.6. The molecule has 0 fully saturated rings. The molecular formula is C55H30N4O2. The average molecular weight is 779 g/mol. The molecule has 5 heterocycles. The van der Waals surface area contributed by atoms with Crippen LogP contribution < -0.4 is 0 Å².